The summed E-state index contributed by atoms with van der Waals surface area (Å²) in [5.74, 6) is 0.696. The van der Waals surface area contributed by atoms with Gasteiger partial charge in [-0.3, -0.25) is 0 Å². The number of nitrogens with one attached hydrogen (secondary N) is 1. The first kappa shape index (κ1) is 11.8. The molecule has 1 aromatic carbocycles. The SMILES string of the molecule is Cc1ccc(-c2ncc(C(Cl)(Cl)Cl)[nH]2)cc1. The molecular weight excluding hydrogens is 266 g/mol. The molecule has 84 valence electrons. The number of imidazole rings is 1. The van der Waals surface area contributed by atoms with E-state index in [0.717, 1.165) is 5.56 Å². The van der Waals surface area contributed by atoms with Crippen LogP contribution in [-0.2, 0) is 3.79 Å². The first-order valence-corrected chi connectivity index (χ1v) is 5.79. The van der Waals surface area contributed by atoms with E-state index >= 15 is 0 Å². The largest absolute Gasteiger partial charge is 0.338 e. The van der Waals surface area contributed by atoms with Gasteiger partial charge in [0.1, 0.15) is 5.82 Å². The maximum absolute atomic E-state index is 5.74. The van der Waals surface area contributed by atoms with E-state index in [2.05, 4.69) is 9.97 Å². The highest BCUT2D eigenvalue weighted by Gasteiger charge is 2.25. The van der Waals surface area contributed by atoms with Crippen molar-refractivity contribution in [2.45, 2.75) is 10.7 Å². The van der Waals surface area contributed by atoms with Gasteiger partial charge in [0.05, 0.1) is 11.9 Å². The van der Waals surface area contributed by atoms with Crippen LogP contribution < -0.4 is 0 Å². The van der Waals surface area contributed by atoms with Gasteiger partial charge >= 0.3 is 0 Å². The normalized spacial score (nSPS) is 11.8. The summed E-state index contributed by atoms with van der Waals surface area (Å²) in [6.45, 7) is 2.03. The van der Waals surface area contributed by atoms with Gasteiger partial charge in [0.15, 0.2) is 0 Å². The predicted molar refractivity (Wildman–Crippen MR) is 68.0 cm³/mol. The molecule has 5 heteroatoms. The van der Waals surface area contributed by atoms with Gasteiger partial charge in [0.25, 0.3) is 0 Å². The topological polar surface area (TPSA) is 28.7 Å². The summed E-state index contributed by atoms with van der Waals surface area (Å²) >= 11 is 17.2. The Balaban J connectivity index is 2.35. The zero-order valence-electron chi connectivity index (χ0n) is 8.47. The molecule has 1 heterocycles. The lowest BCUT2D eigenvalue weighted by atomic mass is 10.1. The number of alkyl halides is 3. The highest BCUT2D eigenvalue weighted by Crippen LogP contribution is 2.37. The molecule has 0 atom stereocenters. The van der Waals surface area contributed by atoms with E-state index in [1.54, 1.807) is 0 Å². The first-order valence-electron chi connectivity index (χ1n) is 4.66. The van der Waals surface area contributed by atoms with Gasteiger partial charge in [-0.2, -0.15) is 0 Å². The lowest BCUT2D eigenvalue weighted by Gasteiger charge is -2.06. The maximum atomic E-state index is 5.74. The fraction of sp³-hybridized carbons (Fsp3) is 0.182. The van der Waals surface area contributed by atoms with Crippen molar-refractivity contribution in [1.29, 1.82) is 0 Å². The number of aryl methyl sites for hydroxylation is 1. The average molecular weight is 276 g/mol. The Bertz CT molecular complexity index is 483. The Morgan fingerprint density at radius 3 is 2.25 bits per heavy atom. The van der Waals surface area contributed by atoms with Crippen molar-refractivity contribution in [3.05, 3.63) is 41.7 Å². The molecule has 16 heavy (non-hydrogen) atoms. The summed E-state index contributed by atoms with van der Waals surface area (Å²) in [5, 5.41) is 0. The summed E-state index contributed by atoms with van der Waals surface area (Å²) in [5.41, 5.74) is 2.62. The second kappa shape index (κ2) is 4.28. The molecule has 0 spiro atoms. The van der Waals surface area contributed by atoms with Crippen LogP contribution in [0.5, 0.6) is 0 Å². The smallest absolute Gasteiger partial charge is 0.232 e. The van der Waals surface area contributed by atoms with Crippen molar-refractivity contribution < 1.29 is 0 Å². The molecule has 0 amide bonds. The summed E-state index contributed by atoms with van der Waals surface area (Å²) < 4.78 is -1.46. The van der Waals surface area contributed by atoms with Crippen LogP contribution in [0.4, 0.5) is 0 Å². The Kier molecular flexibility index (Phi) is 3.15. The van der Waals surface area contributed by atoms with Crippen molar-refractivity contribution >= 4 is 34.8 Å². The van der Waals surface area contributed by atoms with Gasteiger partial charge in [-0.15, -0.1) is 0 Å². The number of hydrogen-bond acceptors (Lipinski definition) is 1. The van der Waals surface area contributed by atoms with E-state index in [0.29, 0.717) is 11.5 Å². The molecule has 0 unspecified atom stereocenters. The van der Waals surface area contributed by atoms with E-state index in [-0.39, 0.29) is 0 Å². The molecule has 0 saturated heterocycles. The van der Waals surface area contributed by atoms with E-state index in [1.807, 2.05) is 31.2 Å². The molecule has 0 fully saturated rings. The van der Waals surface area contributed by atoms with Gasteiger partial charge in [-0.25, -0.2) is 4.98 Å². The molecule has 1 N–H and O–H groups in total. The number of benzene rings is 1. The summed E-state index contributed by atoms with van der Waals surface area (Å²) in [4.78, 5) is 7.16. The highest BCUT2D eigenvalue weighted by molar-refractivity contribution is 6.66. The van der Waals surface area contributed by atoms with Crippen LogP contribution in [0.25, 0.3) is 11.4 Å². The van der Waals surface area contributed by atoms with Crippen LogP contribution in [0.15, 0.2) is 30.5 Å². The van der Waals surface area contributed by atoms with Crippen LogP contribution in [0, 0.1) is 6.92 Å². The first-order chi connectivity index (χ1) is 7.47. The third-order valence-electron chi connectivity index (χ3n) is 2.21. The van der Waals surface area contributed by atoms with Crippen molar-refractivity contribution in [3.63, 3.8) is 0 Å². The van der Waals surface area contributed by atoms with Crippen molar-refractivity contribution in [2.75, 3.05) is 0 Å². The summed E-state index contributed by atoms with van der Waals surface area (Å²) in [6.07, 6.45) is 1.53. The molecular formula is C11H9Cl3N2. The molecule has 0 bridgehead atoms. The zero-order valence-corrected chi connectivity index (χ0v) is 10.7. The molecule has 0 aliphatic heterocycles. The second-order valence-corrected chi connectivity index (χ2v) is 5.79. The van der Waals surface area contributed by atoms with Crippen LogP contribution in [0.1, 0.15) is 11.3 Å². The number of rotatable bonds is 1. The maximum Gasteiger partial charge on any atom is 0.232 e. The predicted octanol–water partition coefficient (Wildman–Crippen LogP) is 4.21. The minimum Gasteiger partial charge on any atom is -0.338 e. The van der Waals surface area contributed by atoms with Gasteiger partial charge in [-0.1, -0.05) is 64.6 Å². The standard InChI is InChI=1S/C11H9Cl3N2/c1-7-2-4-8(5-3-7)10-15-6-9(16-10)11(12,13)14/h2-6H,1H3,(H,15,16). The average Bonchev–Trinajstić information content (AvgIpc) is 2.67. The molecule has 0 aliphatic rings. The van der Waals surface area contributed by atoms with Gasteiger partial charge < -0.3 is 4.98 Å². The minimum atomic E-state index is -1.46. The Morgan fingerprint density at radius 1 is 1.12 bits per heavy atom. The molecule has 2 nitrogen and oxygen atoms in total. The van der Waals surface area contributed by atoms with Crippen molar-refractivity contribution in [1.82, 2.24) is 9.97 Å². The van der Waals surface area contributed by atoms with Crippen molar-refractivity contribution in [2.24, 2.45) is 0 Å². The third-order valence-corrected chi connectivity index (χ3v) is 2.82. The van der Waals surface area contributed by atoms with E-state index in [9.17, 15) is 0 Å². The second-order valence-electron chi connectivity index (χ2n) is 3.51. The van der Waals surface area contributed by atoms with E-state index < -0.39 is 3.79 Å². The quantitative estimate of drug-likeness (QED) is 0.776. The lowest BCUT2D eigenvalue weighted by Crippen LogP contribution is -1.99. The van der Waals surface area contributed by atoms with Crippen LogP contribution >= 0.6 is 34.8 Å². The molecule has 1 aromatic heterocycles. The molecule has 0 aliphatic carbocycles. The lowest BCUT2D eigenvalue weighted by molar-refractivity contribution is 1.13. The minimum absolute atomic E-state index is 0.466. The zero-order chi connectivity index (χ0) is 11.8. The number of halogens is 3. The summed E-state index contributed by atoms with van der Waals surface area (Å²) in [7, 11) is 0. The third kappa shape index (κ3) is 2.51. The monoisotopic (exact) mass is 274 g/mol. The summed E-state index contributed by atoms with van der Waals surface area (Å²) in [6, 6.07) is 7.95. The van der Waals surface area contributed by atoms with E-state index in [4.69, 9.17) is 34.8 Å². The Morgan fingerprint density at radius 2 is 1.75 bits per heavy atom. The Labute approximate surface area is 109 Å². The fourth-order valence-electron chi connectivity index (χ4n) is 1.32. The molecule has 0 saturated carbocycles. The van der Waals surface area contributed by atoms with E-state index in [1.165, 1.54) is 11.8 Å². The molecule has 2 rings (SSSR count). The van der Waals surface area contributed by atoms with Gasteiger partial charge in [-0.05, 0) is 6.92 Å². The Hall–Kier alpha value is -0.700. The number of H-pyrrole nitrogens is 1. The highest BCUT2D eigenvalue weighted by atomic mass is 35.6. The van der Waals surface area contributed by atoms with Gasteiger partial charge in [0.2, 0.25) is 3.79 Å². The van der Waals surface area contributed by atoms with Gasteiger partial charge in [0, 0.05) is 5.56 Å². The van der Waals surface area contributed by atoms with Crippen molar-refractivity contribution in [3.8, 4) is 11.4 Å². The van der Waals surface area contributed by atoms with Crippen LogP contribution in [0.3, 0.4) is 0 Å². The number of aromatic nitrogens is 2. The molecule has 2 aromatic rings. The van der Waals surface area contributed by atoms with Crippen LogP contribution in [0.2, 0.25) is 0 Å². The fourth-order valence-corrected chi connectivity index (χ4v) is 1.61. The van der Waals surface area contributed by atoms with Crippen LogP contribution in [-0.4, -0.2) is 9.97 Å². The number of nitrogens with zero attached hydrogens (tertiary/aromatic N) is 1. The number of hydrogen-bond donors (Lipinski definition) is 1. The number of aromatic amines is 1. The molecule has 0 radical (unpaired) electrons.